The summed E-state index contributed by atoms with van der Waals surface area (Å²) < 4.78 is 10.2. The summed E-state index contributed by atoms with van der Waals surface area (Å²) in [5, 5.41) is 2.79. The molecule has 1 aromatic rings. The van der Waals surface area contributed by atoms with Crippen molar-refractivity contribution in [2.45, 2.75) is 12.8 Å². The first-order valence-corrected chi connectivity index (χ1v) is 6.32. The molecule has 0 aliphatic heterocycles. The van der Waals surface area contributed by atoms with Crippen LogP contribution in [0.25, 0.3) is 0 Å². The molecule has 6 heteroatoms. The number of amides is 1. The van der Waals surface area contributed by atoms with Crippen LogP contribution in [0.3, 0.4) is 0 Å². The number of anilines is 1. The number of ether oxygens (including phenoxy) is 2. The van der Waals surface area contributed by atoms with Gasteiger partial charge in [-0.15, -0.1) is 0 Å². The van der Waals surface area contributed by atoms with Crippen LogP contribution in [0, 0.1) is 0 Å². The van der Waals surface area contributed by atoms with Gasteiger partial charge in [0.25, 0.3) is 0 Å². The van der Waals surface area contributed by atoms with E-state index in [-0.39, 0.29) is 17.5 Å². The maximum atomic E-state index is 11.6. The second-order valence-corrected chi connectivity index (χ2v) is 4.45. The molecule has 0 atom stereocenters. The minimum Gasteiger partial charge on any atom is -0.486 e. The highest BCUT2D eigenvalue weighted by molar-refractivity contribution is 7.80. The topological polar surface area (TPSA) is 73.6 Å². The Labute approximate surface area is 118 Å². The second kappa shape index (κ2) is 8.44. The maximum absolute atomic E-state index is 11.6. The van der Waals surface area contributed by atoms with Gasteiger partial charge in [-0.2, -0.15) is 0 Å². The average molecular weight is 282 g/mol. The van der Waals surface area contributed by atoms with Crippen LogP contribution in [0.2, 0.25) is 0 Å². The molecule has 0 spiro atoms. The monoisotopic (exact) mass is 282 g/mol. The summed E-state index contributed by atoms with van der Waals surface area (Å²) in [6, 6.07) is 7.09. The van der Waals surface area contributed by atoms with Crippen molar-refractivity contribution in [2.75, 3.05) is 25.6 Å². The van der Waals surface area contributed by atoms with Crippen molar-refractivity contribution in [3.8, 4) is 5.75 Å². The summed E-state index contributed by atoms with van der Waals surface area (Å²) in [6.45, 7) is 0.755. The molecule has 1 rings (SSSR count). The molecular formula is C13H18N2O3S. The van der Waals surface area contributed by atoms with E-state index in [1.54, 1.807) is 31.4 Å². The Morgan fingerprint density at radius 1 is 1.47 bits per heavy atom. The molecule has 5 nitrogen and oxygen atoms in total. The summed E-state index contributed by atoms with van der Waals surface area (Å²) in [4.78, 5) is 11.9. The maximum Gasteiger partial charge on any atom is 0.224 e. The molecule has 0 radical (unpaired) electrons. The summed E-state index contributed by atoms with van der Waals surface area (Å²) in [6.07, 6.45) is 1.12. The molecule has 0 aromatic heterocycles. The van der Waals surface area contributed by atoms with Crippen molar-refractivity contribution >= 4 is 28.8 Å². The van der Waals surface area contributed by atoms with E-state index in [0.717, 1.165) is 0 Å². The Morgan fingerprint density at radius 2 is 2.26 bits per heavy atom. The molecule has 0 unspecified atom stereocenters. The predicted molar refractivity (Wildman–Crippen MR) is 78.5 cm³/mol. The van der Waals surface area contributed by atoms with Gasteiger partial charge in [-0.25, -0.2) is 0 Å². The number of methoxy groups -OCH3 is 1. The number of nitrogens with two attached hydrogens (primary N) is 1. The van der Waals surface area contributed by atoms with E-state index in [1.807, 2.05) is 0 Å². The lowest BCUT2D eigenvalue weighted by atomic mass is 10.2. The van der Waals surface area contributed by atoms with Crippen LogP contribution < -0.4 is 15.8 Å². The predicted octanol–water partition coefficient (Wildman–Crippen LogP) is 1.72. The molecule has 0 fully saturated rings. The van der Waals surface area contributed by atoms with Crippen molar-refractivity contribution in [3.05, 3.63) is 24.3 Å². The van der Waals surface area contributed by atoms with E-state index in [2.05, 4.69) is 5.32 Å². The quantitative estimate of drug-likeness (QED) is 0.561. The van der Waals surface area contributed by atoms with Gasteiger partial charge < -0.3 is 20.5 Å². The zero-order chi connectivity index (χ0) is 14.1. The summed E-state index contributed by atoms with van der Waals surface area (Å²) in [5.41, 5.74) is 6.04. The second-order valence-electron chi connectivity index (χ2n) is 3.93. The fourth-order valence-electron chi connectivity index (χ4n) is 1.42. The third kappa shape index (κ3) is 6.73. The van der Waals surface area contributed by atoms with Gasteiger partial charge in [-0.3, -0.25) is 4.79 Å². The van der Waals surface area contributed by atoms with Crippen LogP contribution in [0.4, 0.5) is 5.69 Å². The van der Waals surface area contributed by atoms with Gasteiger partial charge in [0, 0.05) is 31.9 Å². The molecule has 104 valence electrons. The Hall–Kier alpha value is -1.66. The molecule has 0 aliphatic carbocycles. The molecule has 1 aromatic carbocycles. The Bertz CT molecular complexity index is 438. The number of carbonyl (C=O) groups is 1. The third-order valence-electron chi connectivity index (χ3n) is 2.25. The van der Waals surface area contributed by atoms with Crippen molar-refractivity contribution < 1.29 is 14.3 Å². The molecule has 19 heavy (non-hydrogen) atoms. The number of nitrogens with one attached hydrogen (secondary N) is 1. The van der Waals surface area contributed by atoms with E-state index in [1.165, 1.54) is 0 Å². The fourth-order valence-corrected chi connectivity index (χ4v) is 1.48. The van der Waals surface area contributed by atoms with Gasteiger partial charge in [-0.05, 0) is 18.6 Å². The van der Waals surface area contributed by atoms with Crippen molar-refractivity contribution in [2.24, 2.45) is 5.73 Å². The van der Waals surface area contributed by atoms with E-state index >= 15 is 0 Å². The van der Waals surface area contributed by atoms with Gasteiger partial charge in [0.15, 0.2) is 0 Å². The van der Waals surface area contributed by atoms with Gasteiger partial charge in [0.2, 0.25) is 5.91 Å². The van der Waals surface area contributed by atoms with Crippen molar-refractivity contribution in [1.29, 1.82) is 0 Å². The largest absolute Gasteiger partial charge is 0.486 e. The van der Waals surface area contributed by atoms with Gasteiger partial charge in [0.1, 0.15) is 17.3 Å². The number of hydrogen-bond acceptors (Lipinski definition) is 4. The molecule has 0 aliphatic rings. The van der Waals surface area contributed by atoms with Crippen LogP contribution in [-0.4, -0.2) is 31.2 Å². The van der Waals surface area contributed by atoms with Crippen LogP contribution in [0.15, 0.2) is 24.3 Å². The van der Waals surface area contributed by atoms with Crippen molar-refractivity contribution in [1.82, 2.24) is 0 Å². The van der Waals surface area contributed by atoms with Crippen molar-refractivity contribution in [3.63, 3.8) is 0 Å². The first-order chi connectivity index (χ1) is 9.11. The fraction of sp³-hybridized carbons (Fsp3) is 0.385. The minimum atomic E-state index is -0.0523. The van der Waals surface area contributed by atoms with E-state index in [0.29, 0.717) is 30.9 Å². The molecule has 0 saturated heterocycles. The van der Waals surface area contributed by atoms with Crippen LogP contribution in [0.5, 0.6) is 5.75 Å². The molecule has 0 bridgehead atoms. The molecule has 0 saturated carbocycles. The number of thiocarbonyl (C=S) groups is 1. The lowest BCUT2D eigenvalue weighted by Gasteiger charge is -2.08. The Balaban J connectivity index is 2.47. The lowest BCUT2D eigenvalue weighted by Crippen LogP contribution is -2.18. The normalized spacial score (nSPS) is 9.95. The highest BCUT2D eigenvalue weighted by Crippen LogP contribution is 2.17. The highest BCUT2D eigenvalue weighted by atomic mass is 32.1. The number of carbonyl (C=O) groups excluding carboxylic acids is 1. The van der Waals surface area contributed by atoms with Crippen LogP contribution >= 0.6 is 12.2 Å². The summed E-state index contributed by atoms with van der Waals surface area (Å²) >= 11 is 4.73. The summed E-state index contributed by atoms with van der Waals surface area (Å²) in [5.74, 6) is 0.561. The number of rotatable bonds is 8. The van der Waals surface area contributed by atoms with Gasteiger partial charge in [-0.1, -0.05) is 18.3 Å². The Kier molecular flexibility index (Phi) is 6.84. The first-order valence-electron chi connectivity index (χ1n) is 5.92. The van der Waals surface area contributed by atoms with Crippen LogP contribution in [0.1, 0.15) is 12.8 Å². The third-order valence-corrected chi connectivity index (χ3v) is 2.37. The first kappa shape index (κ1) is 15.4. The molecule has 1 amide bonds. The zero-order valence-corrected chi connectivity index (χ0v) is 11.7. The van der Waals surface area contributed by atoms with Gasteiger partial charge in [0.05, 0.1) is 0 Å². The molecular weight excluding hydrogens is 264 g/mol. The van der Waals surface area contributed by atoms with E-state index in [9.17, 15) is 4.79 Å². The zero-order valence-electron chi connectivity index (χ0n) is 10.8. The molecule has 3 N–H and O–H groups in total. The Morgan fingerprint density at radius 3 is 2.95 bits per heavy atom. The standard InChI is InChI=1S/C13H18N2O3S/c1-17-7-3-6-13(16)15-10-4-2-5-11(8-10)18-9-12(14)19/h2,4-5,8H,3,6-7,9H2,1H3,(H2,14,19)(H,15,16). The number of benzene rings is 1. The average Bonchev–Trinajstić information content (AvgIpc) is 2.37. The van der Waals surface area contributed by atoms with E-state index < -0.39 is 0 Å². The smallest absolute Gasteiger partial charge is 0.224 e. The summed E-state index contributed by atoms with van der Waals surface area (Å²) in [7, 11) is 1.61. The van der Waals surface area contributed by atoms with Gasteiger partial charge >= 0.3 is 0 Å². The highest BCUT2D eigenvalue weighted by Gasteiger charge is 2.03. The number of hydrogen-bond donors (Lipinski definition) is 2. The lowest BCUT2D eigenvalue weighted by molar-refractivity contribution is -0.116. The van der Waals surface area contributed by atoms with E-state index in [4.69, 9.17) is 27.4 Å². The SMILES string of the molecule is COCCCC(=O)Nc1cccc(OCC(N)=S)c1. The molecule has 0 heterocycles. The minimum absolute atomic E-state index is 0.0523. The van der Waals surface area contributed by atoms with Crippen LogP contribution in [-0.2, 0) is 9.53 Å².